The second-order valence-corrected chi connectivity index (χ2v) is 9.78. The minimum atomic E-state index is -3.84. The number of carbonyl (C=O) groups excluding carboxylic acids is 1. The van der Waals surface area contributed by atoms with E-state index in [1.165, 1.54) is 24.6 Å². The molecule has 0 fully saturated rings. The Morgan fingerprint density at radius 1 is 0.771 bits per heavy atom. The molecule has 3 aromatic carbocycles. The van der Waals surface area contributed by atoms with Crippen LogP contribution in [0.15, 0.2) is 83.8 Å². The van der Waals surface area contributed by atoms with Crippen molar-refractivity contribution in [2.45, 2.75) is 25.7 Å². The minimum absolute atomic E-state index is 0.0224. The van der Waals surface area contributed by atoms with Gasteiger partial charge in [-0.3, -0.25) is 9.52 Å². The molecule has 3 N–H and O–H groups in total. The van der Waals surface area contributed by atoms with Gasteiger partial charge < -0.3 is 10.6 Å². The Bertz CT molecular complexity index is 1470. The van der Waals surface area contributed by atoms with Crippen LogP contribution in [0.3, 0.4) is 0 Å². The topological polar surface area (TPSA) is 113 Å². The van der Waals surface area contributed by atoms with Crippen molar-refractivity contribution in [2.75, 3.05) is 15.4 Å². The number of carbonyl (C=O) groups is 1. The molecule has 0 atom stereocenters. The van der Waals surface area contributed by atoms with E-state index in [0.717, 1.165) is 11.4 Å². The summed E-state index contributed by atoms with van der Waals surface area (Å²) in [5.74, 6) is 0.864. The van der Waals surface area contributed by atoms with E-state index < -0.39 is 10.0 Å². The molecule has 0 bridgehead atoms. The first-order valence-corrected chi connectivity index (χ1v) is 12.4. The standard InChI is InChI=1S/C26H25N5O3S/c1-17-7-9-21(10-8-17)28-25-15-18(2)27-26(30-25)29-22-11-13-23(14-12-22)31-35(33,34)24-6-4-5-20(16-24)19(3)32/h4-16,31H,1-3H3,(H2,27,28,29,30). The number of benzene rings is 3. The van der Waals surface area contributed by atoms with E-state index in [2.05, 4.69) is 25.3 Å². The molecule has 0 unspecified atom stereocenters. The van der Waals surface area contributed by atoms with Gasteiger partial charge in [0.25, 0.3) is 10.0 Å². The van der Waals surface area contributed by atoms with Gasteiger partial charge in [0.05, 0.1) is 4.90 Å². The van der Waals surface area contributed by atoms with Gasteiger partial charge in [0.15, 0.2) is 5.78 Å². The number of nitrogens with zero attached hydrogens (tertiary/aromatic N) is 2. The van der Waals surface area contributed by atoms with E-state index >= 15 is 0 Å². The molecule has 0 saturated heterocycles. The molecule has 0 radical (unpaired) electrons. The summed E-state index contributed by atoms with van der Waals surface area (Å²) in [4.78, 5) is 20.5. The molecule has 8 nitrogen and oxygen atoms in total. The zero-order valence-corrected chi connectivity index (χ0v) is 20.3. The van der Waals surface area contributed by atoms with Crippen molar-refractivity contribution in [1.29, 1.82) is 0 Å². The number of nitrogens with one attached hydrogen (secondary N) is 3. The van der Waals surface area contributed by atoms with Crippen LogP contribution in [0.2, 0.25) is 0 Å². The lowest BCUT2D eigenvalue weighted by Gasteiger charge is -2.12. The van der Waals surface area contributed by atoms with E-state index in [-0.39, 0.29) is 10.7 Å². The lowest BCUT2D eigenvalue weighted by Crippen LogP contribution is -2.13. The fourth-order valence-corrected chi connectivity index (χ4v) is 4.42. The smallest absolute Gasteiger partial charge is 0.261 e. The minimum Gasteiger partial charge on any atom is -0.340 e. The number of aryl methyl sites for hydroxylation is 2. The Hall–Kier alpha value is -4.24. The van der Waals surface area contributed by atoms with Crippen molar-refractivity contribution in [2.24, 2.45) is 0 Å². The van der Waals surface area contributed by atoms with Crippen LogP contribution in [0.25, 0.3) is 0 Å². The van der Waals surface area contributed by atoms with E-state index in [0.29, 0.717) is 28.7 Å². The van der Waals surface area contributed by atoms with Crippen LogP contribution in [0.5, 0.6) is 0 Å². The van der Waals surface area contributed by atoms with Crippen molar-refractivity contribution in [3.05, 3.63) is 95.7 Å². The molecular weight excluding hydrogens is 462 g/mol. The van der Waals surface area contributed by atoms with Crippen molar-refractivity contribution in [3.63, 3.8) is 0 Å². The molecule has 0 aliphatic rings. The van der Waals surface area contributed by atoms with Gasteiger partial charge >= 0.3 is 0 Å². The largest absolute Gasteiger partial charge is 0.340 e. The van der Waals surface area contributed by atoms with Crippen LogP contribution in [0.4, 0.5) is 28.8 Å². The summed E-state index contributed by atoms with van der Waals surface area (Å²) >= 11 is 0. The lowest BCUT2D eigenvalue weighted by molar-refractivity contribution is 0.101. The summed E-state index contributed by atoms with van der Waals surface area (Å²) in [6.45, 7) is 5.30. The lowest BCUT2D eigenvalue weighted by atomic mass is 10.2. The van der Waals surface area contributed by atoms with Gasteiger partial charge in [-0.25, -0.2) is 13.4 Å². The van der Waals surface area contributed by atoms with E-state index in [4.69, 9.17) is 0 Å². The number of hydrogen-bond donors (Lipinski definition) is 3. The molecule has 35 heavy (non-hydrogen) atoms. The highest BCUT2D eigenvalue weighted by Crippen LogP contribution is 2.22. The molecule has 0 spiro atoms. The second-order valence-electron chi connectivity index (χ2n) is 8.10. The maximum Gasteiger partial charge on any atom is 0.261 e. The fraction of sp³-hybridized carbons (Fsp3) is 0.115. The Balaban J connectivity index is 1.46. The summed E-state index contributed by atoms with van der Waals surface area (Å²) in [7, 11) is -3.84. The molecule has 0 aliphatic heterocycles. The number of Topliss-reactive ketones (excluding diaryl/α,β-unsaturated/α-hetero) is 1. The Morgan fingerprint density at radius 2 is 1.40 bits per heavy atom. The van der Waals surface area contributed by atoms with Gasteiger partial charge in [0.1, 0.15) is 5.82 Å². The number of anilines is 5. The average molecular weight is 488 g/mol. The molecule has 0 amide bonds. The van der Waals surface area contributed by atoms with Crippen molar-refractivity contribution >= 4 is 44.6 Å². The van der Waals surface area contributed by atoms with E-state index in [1.54, 1.807) is 36.4 Å². The van der Waals surface area contributed by atoms with Gasteiger partial charge in [-0.2, -0.15) is 4.98 Å². The number of rotatable bonds is 8. The van der Waals surface area contributed by atoms with Crippen LogP contribution in [-0.4, -0.2) is 24.2 Å². The predicted octanol–water partition coefficient (Wildman–Crippen LogP) is 5.58. The van der Waals surface area contributed by atoms with Gasteiger partial charge in [-0.15, -0.1) is 0 Å². The third kappa shape index (κ3) is 6.21. The fourth-order valence-electron chi connectivity index (χ4n) is 3.32. The molecule has 1 heterocycles. The summed E-state index contributed by atoms with van der Waals surface area (Å²) in [5.41, 5.74) is 4.29. The quantitative estimate of drug-likeness (QED) is 0.278. The number of aromatic nitrogens is 2. The highest BCUT2D eigenvalue weighted by atomic mass is 32.2. The van der Waals surface area contributed by atoms with Gasteiger partial charge in [-0.1, -0.05) is 29.8 Å². The molecule has 4 rings (SSSR count). The SMILES string of the molecule is CC(=O)c1cccc(S(=O)(=O)Nc2ccc(Nc3nc(C)cc(Nc4ccc(C)cc4)n3)cc2)c1. The zero-order valence-electron chi connectivity index (χ0n) is 19.5. The molecule has 9 heteroatoms. The third-order valence-corrected chi connectivity index (χ3v) is 6.50. The normalized spacial score (nSPS) is 11.1. The first-order chi connectivity index (χ1) is 16.7. The molecule has 1 aromatic heterocycles. The zero-order chi connectivity index (χ0) is 25.0. The third-order valence-electron chi connectivity index (χ3n) is 5.12. The summed E-state index contributed by atoms with van der Waals surface area (Å²) in [5, 5.41) is 6.42. The van der Waals surface area contributed by atoms with Crippen molar-refractivity contribution in [1.82, 2.24) is 9.97 Å². The Kier molecular flexibility index (Phi) is 6.79. The number of sulfonamides is 1. The van der Waals surface area contributed by atoms with Gasteiger partial charge in [0.2, 0.25) is 5.95 Å². The highest BCUT2D eigenvalue weighted by Gasteiger charge is 2.15. The molecule has 178 valence electrons. The summed E-state index contributed by atoms with van der Waals surface area (Å²) in [6, 6.07) is 22.5. The van der Waals surface area contributed by atoms with Gasteiger partial charge in [-0.05, 0) is 69.3 Å². The first kappa shape index (κ1) is 23.9. The van der Waals surface area contributed by atoms with Crippen LogP contribution in [0.1, 0.15) is 28.5 Å². The van der Waals surface area contributed by atoms with Gasteiger partial charge in [0, 0.05) is 34.4 Å². The molecule has 4 aromatic rings. The van der Waals surface area contributed by atoms with Crippen LogP contribution in [-0.2, 0) is 10.0 Å². The Labute approximate surface area is 204 Å². The van der Waals surface area contributed by atoms with Crippen LogP contribution >= 0.6 is 0 Å². The first-order valence-electron chi connectivity index (χ1n) is 10.9. The van der Waals surface area contributed by atoms with E-state index in [1.807, 2.05) is 44.2 Å². The Morgan fingerprint density at radius 3 is 2.09 bits per heavy atom. The van der Waals surface area contributed by atoms with E-state index in [9.17, 15) is 13.2 Å². The second kappa shape index (κ2) is 9.94. The van der Waals surface area contributed by atoms with Crippen LogP contribution < -0.4 is 15.4 Å². The highest BCUT2D eigenvalue weighted by molar-refractivity contribution is 7.92. The molecule has 0 aliphatic carbocycles. The maximum atomic E-state index is 12.7. The summed E-state index contributed by atoms with van der Waals surface area (Å²) in [6.07, 6.45) is 0. The van der Waals surface area contributed by atoms with Crippen molar-refractivity contribution < 1.29 is 13.2 Å². The average Bonchev–Trinajstić information content (AvgIpc) is 2.81. The number of hydrogen-bond acceptors (Lipinski definition) is 7. The number of ketones is 1. The molecular formula is C26H25N5O3S. The molecule has 0 saturated carbocycles. The van der Waals surface area contributed by atoms with Crippen molar-refractivity contribution in [3.8, 4) is 0 Å². The predicted molar refractivity (Wildman–Crippen MR) is 138 cm³/mol. The monoisotopic (exact) mass is 487 g/mol. The summed E-state index contributed by atoms with van der Waals surface area (Å²) < 4.78 is 28.0. The van der Waals surface area contributed by atoms with Crippen LogP contribution in [0, 0.1) is 13.8 Å². The maximum absolute atomic E-state index is 12.7.